The maximum absolute atomic E-state index is 12.9. The number of benzene rings is 2. The SMILES string of the molecule is Nc1ccc(-c2cccs2)cc1NC(=O)c1ccc(-c2cn(Cc3ccc(OC(F)(F)F)cc3)nn2)s1. The van der Waals surface area contributed by atoms with Crippen LogP contribution in [0, 0.1) is 0 Å². The van der Waals surface area contributed by atoms with Crippen LogP contribution >= 0.6 is 22.7 Å². The van der Waals surface area contributed by atoms with Crippen LogP contribution in [0.15, 0.2) is 78.3 Å². The van der Waals surface area contributed by atoms with Crippen LogP contribution in [0.1, 0.15) is 15.2 Å². The average Bonchev–Trinajstić information content (AvgIpc) is 3.63. The third-order valence-corrected chi connectivity index (χ3v) is 7.26. The third kappa shape index (κ3) is 5.98. The molecule has 1 amide bonds. The van der Waals surface area contributed by atoms with Gasteiger partial charge in [0.15, 0.2) is 0 Å². The molecule has 3 aromatic heterocycles. The van der Waals surface area contributed by atoms with Gasteiger partial charge in [-0.25, -0.2) is 4.68 Å². The van der Waals surface area contributed by atoms with E-state index in [0.717, 1.165) is 20.9 Å². The smallest absolute Gasteiger partial charge is 0.406 e. The van der Waals surface area contributed by atoms with Crippen LogP contribution in [-0.4, -0.2) is 27.3 Å². The summed E-state index contributed by atoms with van der Waals surface area (Å²) in [6.07, 6.45) is -3.03. The topological polar surface area (TPSA) is 95.1 Å². The van der Waals surface area contributed by atoms with Gasteiger partial charge in [-0.2, -0.15) is 0 Å². The van der Waals surface area contributed by atoms with Crippen LogP contribution in [-0.2, 0) is 6.54 Å². The number of nitrogens with two attached hydrogens (primary N) is 1. The van der Waals surface area contributed by atoms with E-state index in [4.69, 9.17) is 5.73 Å². The maximum atomic E-state index is 12.9. The molecule has 7 nitrogen and oxygen atoms in total. The molecule has 3 heterocycles. The van der Waals surface area contributed by atoms with Crippen LogP contribution in [0.25, 0.3) is 21.0 Å². The number of carbonyl (C=O) groups is 1. The van der Waals surface area contributed by atoms with E-state index < -0.39 is 6.36 Å². The van der Waals surface area contributed by atoms with Crippen LogP contribution in [0.2, 0.25) is 0 Å². The van der Waals surface area contributed by atoms with Crippen molar-refractivity contribution >= 4 is 40.0 Å². The minimum Gasteiger partial charge on any atom is -0.406 e. The van der Waals surface area contributed by atoms with Gasteiger partial charge in [0.25, 0.3) is 5.91 Å². The van der Waals surface area contributed by atoms with Crippen LogP contribution < -0.4 is 15.8 Å². The van der Waals surface area contributed by atoms with Gasteiger partial charge in [0.1, 0.15) is 11.4 Å². The number of carbonyl (C=O) groups excluding carboxylic acids is 1. The van der Waals surface area contributed by atoms with E-state index in [1.54, 1.807) is 40.4 Å². The first kappa shape index (κ1) is 24.5. The number of nitrogens with zero attached hydrogens (tertiary/aromatic N) is 3. The van der Waals surface area contributed by atoms with E-state index in [1.807, 2.05) is 29.6 Å². The van der Waals surface area contributed by atoms with Crippen molar-refractivity contribution in [2.24, 2.45) is 0 Å². The number of hydrogen-bond acceptors (Lipinski definition) is 7. The molecule has 0 aliphatic carbocycles. The van der Waals surface area contributed by atoms with E-state index in [0.29, 0.717) is 28.5 Å². The zero-order valence-electron chi connectivity index (χ0n) is 18.9. The Balaban J connectivity index is 1.25. The first-order valence-electron chi connectivity index (χ1n) is 10.8. The molecule has 5 aromatic rings. The fraction of sp³-hybridized carbons (Fsp3) is 0.0800. The lowest BCUT2D eigenvalue weighted by Crippen LogP contribution is -2.17. The Kier molecular flexibility index (Phi) is 6.68. The minimum atomic E-state index is -4.74. The van der Waals surface area contributed by atoms with E-state index in [1.165, 1.54) is 35.6 Å². The van der Waals surface area contributed by atoms with Gasteiger partial charge in [-0.1, -0.05) is 29.5 Å². The molecule has 0 atom stereocenters. The Morgan fingerprint density at radius 3 is 2.59 bits per heavy atom. The average molecular weight is 542 g/mol. The summed E-state index contributed by atoms with van der Waals surface area (Å²) in [6.45, 7) is 0.303. The molecule has 0 saturated heterocycles. The normalized spacial score (nSPS) is 11.4. The predicted octanol–water partition coefficient (Wildman–Crippen LogP) is 6.52. The second-order valence-electron chi connectivity index (χ2n) is 7.89. The molecule has 0 aliphatic heterocycles. The molecule has 0 saturated carbocycles. The highest BCUT2D eigenvalue weighted by Gasteiger charge is 2.31. The molecular weight excluding hydrogens is 523 g/mol. The summed E-state index contributed by atoms with van der Waals surface area (Å²) < 4.78 is 42.4. The summed E-state index contributed by atoms with van der Waals surface area (Å²) in [6, 6.07) is 18.5. The molecular formula is C25H18F3N5O2S2. The lowest BCUT2D eigenvalue weighted by molar-refractivity contribution is -0.274. The number of nitrogen functional groups attached to an aromatic ring is 1. The van der Waals surface area contributed by atoms with Crippen LogP contribution in [0.3, 0.4) is 0 Å². The molecule has 0 spiro atoms. The van der Waals surface area contributed by atoms with Gasteiger partial charge in [-0.05, 0) is 59.0 Å². The molecule has 0 radical (unpaired) electrons. The molecule has 0 bridgehead atoms. The summed E-state index contributed by atoms with van der Waals surface area (Å²) in [5, 5.41) is 13.1. The Hall–Kier alpha value is -4.16. The summed E-state index contributed by atoms with van der Waals surface area (Å²) in [4.78, 5) is 15.2. The maximum Gasteiger partial charge on any atom is 0.573 e. The molecule has 188 valence electrons. The minimum absolute atomic E-state index is 0.292. The number of rotatable bonds is 7. The number of thiophene rings is 2. The Morgan fingerprint density at radius 1 is 1.05 bits per heavy atom. The number of hydrogen-bond donors (Lipinski definition) is 2. The Bertz CT molecular complexity index is 1530. The van der Waals surface area contributed by atoms with Crippen molar-refractivity contribution in [1.82, 2.24) is 15.0 Å². The number of amides is 1. The second kappa shape index (κ2) is 10.1. The molecule has 5 rings (SSSR count). The zero-order valence-corrected chi connectivity index (χ0v) is 20.5. The molecule has 0 aliphatic rings. The summed E-state index contributed by atoms with van der Waals surface area (Å²) in [7, 11) is 0. The number of halogens is 3. The number of anilines is 2. The number of alkyl halides is 3. The highest BCUT2D eigenvalue weighted by atomic mass is 32.1. The van der Waals surface area contributed by atoms with Gasteiger partial charge in [0, 0.05) is 4.88 Å². The van der Waals surface area contributed by atoms with Crippen molar-refractivity contribution in [3.63, 3.8) is 0 Å². The first-order chi connectivity index (χ1) is 17.7. The monoisotopic (exact) mass is 541 g/mol. The molecule has 0 fully saturated rings. The number of aromatic nitrogens is 3. The number of nitrogens with one attached hydrogen (secondary N) is 1. The van der Waals surface area contributed by atoms with Crippen LogP contribution in [0.4, 0.5) is 24.5 Å². The lowest BCUT2D eigenvalue weighted by Gasteiger charge is -2.09. The van der Waals surface area contributed by atoms with Crippen LogP contribution in [0.5, 0.6) is 5.75 Å². The van der Waals surface area contributed by atoms with Gasteiger partial charge in [0.2, 0.25) is 0 Å². The van der Waals surface area contributed by atoms with Gasteiger partial charge < -0.3 is 15.8 Å². The zero-order chi connectivity index (χ0) is 26.0. The highest BCUT2D eigenvalue weighted by molar-refractivity contribution is 7.17. The van der Waals surface area contributed by atoms with E-state index >= 15 is 0 Å². The van der Waals surface area contributed by atoms with Crippen molar-refractivity contribution < 1.29 is 22.7 Å². The van der Waals surface area contributed by atoms with Crippen molar-refractivity contribution in [3.05, 3.63) is 88.7 Å². The van der Waals surface area contributed by atoms with Gasteiger partial charge in [-0.3, -0.25) is 4.79 Å². The molecule has 37 heavy (non-hydrogen) atoms. The van der Waals surface area contributed by atoms with Gasteiger partial charge in [-0.15, -0.1) is 40.9 Å². The summed E-state index contributed by atoms with van der Waals surface area (Å²) >= 11 is 2.86. The quantitative estimate of drug-likeness (QED) is 0.229. The fourth-order valence-electron chi connectivity index (χ4n) is 3.51. The van der Waals surface area contributed by atoms with Crippen molar-refractivity contribution in [1.29, 1.82) is 0 Å². The van der Waals surface area contributed by atoms with E-state index in [-0.39, 0.29) is 11.7 Å². The second-order valence-corrected chi connectivity index (χ2v) is 9.92. The Morgan fingerprint density at radius 2 is 1.86 bits per heavy atom. The first-order valence-corrected chi connectivity index (χ1v) is 12.5. The van der Waals surface area contributed by atoms with Gasteiger partial charge in [0.05, 0.1) is 33.9 Å². The van der Waals surface area contributed by atoms with Crippen molar-refractivity contribution in [2.45, 2.75) is 12.9 Å². The fourth-order valence-corrected chi connectivity index (χ4v) is 5.09. The highest BCUT2D eigenvalue weighted by Crippen LogP contribution is 2.32. The van der Waals surface area contributed by atoms with E-state index in [2.05, 4.69) is 20.4 Å². The molecule has 2 aromatic carbocycles. The number of ether oxygens (including phenoxy) is 1. The summed E-state index contributed by atoms with van der Waals surface area (Å²) in [5.74, 6) is -0.584. The standard InChI is InChI=1S/C25H18F3N5O2S2/c26-25(27,28)35-17-6-3-15(4-7-17)13-33-14-20(31-32-33)22-9-10-23(37-22)24(34)30-19-12-16(5-8-18(19)29)21-2-1-11-36-21/h1-12,14H,13,29H2,(H,30,34). The van der Waals surface area contributed by atoms with Crippen molar-refractivity contribution in [2.75, 3.05) is 11.1 Å². The molecule has 0 unspecified atom stereocenters. The predicted molar refractivity (Wildman–Crippen MR) is 138 cm³/mol. The molecule has 12 heteroatoms. The third-order valence-electron chi connectivity index (χ3n) is 5.23. The van der Waals surface area contributed by atoms with Gasteiger partial charge >= 0.3 is 6.36 Å². The molecule has 3 N–H and O–H groups in total. The Labute approximate surface area is 216 Å². The summed E-state index contributed by atoms with van der Waals surface area (Å²) in [5.41, 5.74) is 9.33. The van der Waals surface area contributed by atoms with Crippen molar-refractivity contribution in [3.8, 4) is 26.8 Å². The van der Waals surface area contributed by atoms with E-state index in [9.17, 15) is 18.0 Å². The lowest BCUT2D eigenvalue weighted by atomic mass is 10.1. The largest absolute Gasteiger partial charge is 0.573 e.